The topological polar surface area (TPSA) is 72.7 Å². The average molecular weight is 360 g/mol. The summed E-state index contributed by atoms with van der Waals surface area (Å²) in [7, 11) is 0. The van der Waals surface area contributed by atoms with E-state index in [-0.39, 0.29) is 5.91 Å². The third kappa shape index (κ3) is 3.79. The van der Waals surface area contributed by atoms with Gasteiger partial charge in [-0.3, -0.25) is 4.79 Å². The lowest BCUT2D eigenvalue weighted by Gasteiger charge is -2.04. The van der Waals surface area contributed by atoms with Crippen molar-refractivity contribution in [2.24, 2.45) is 0 Å². The number of carbonyl (C=O) groups excluding carboxylic acids is 1. The number of nitrogens with zero attached hydrogens (tertiary/aromatic N) is 4. The minimum atomic E-state index is -0.277. The lowest BCUT2D eigenvalue weighted by Crippen LogP contribution is -2.07. The average Bonchev–Trinajstić information content (AvgIpc) is 3.11. The molecule has 6 nitrogen and oxygen atoms in total. The highest BCUT2D eigenvalue weighted by atomic mass is 35.5. The highest BCUT2D eigenvalue weighted by Crippen LogP contribution is 2.26. The summed E-state index contributed by atoms with van der Waals surface area (Å²) in [6, 6.07) is 12.3. The molecule has 1 N–H and O–H groups in total. The Morgan fingerprint density at radius 3 is 2.62 bits per heavy atom. The highest BCUT2D eigenvalue weighted by molar-refractivity contribution is 6.42. The smallest absolute Gasteiger partial charge is 0.248 e. The van der Waals surface area contributed by atoms with E-state index < -0.39 is 0 Å². The maximum Gasteiger partial charge on any atom is 0.248 e. The van der Waals surface area contributed by atoms with Crippen molar-refractivity contribution in [3.05, 3.63) is 70.5 Å². The van der Waals surface area contributed by atoms with E-state index in [0.29, 0.717) is 21.3 Å². The molecule has 1 amide bonds. The zero-order chi connectivity index (χ0) is 16.9. The van der Waals surface area contributed by atoms with Crippen molar-refractivity contribution >= 4 is 40.9 Å². The number of benzene rings is 2. The van der Waals surface area contributed by atoms with E-state index in [1.165, 1.54) is 17.1 Å². The Kier molecular flexibility index (Phi) is 4.88. The summed E-state index contributed by atoms with van der Waals surface area (Å²) in [5.74, 6) is -0.277. The van der Waals surface area contributed by atoms with Crippen molar-refractivity contribution in [1.82, 2.24) is 20.2 Å². The third-order valence-electron chi connectivity index (χ3n) is 3.14. The van der Waals surface area contributed by atoms with Crippen LogP contribution in [0.4, 0.5) is 5.69 Å². The van der Waals surface area contributed by atoms with Gasteiger partial charge in [0.15, 0.2) is 0 Å². The molecule has 0 bridgehead atoms. The SMILES string of the molecule is O=C(/C=C/c1cccc(Cl)c1Cl)Nc1ccc(-n2cnnn2)cc1. The fraction of sp³-hybridized carbons (Fsp3) is 0. The molecule has 0 atom stereocenters. The normalized spacial score (nSPS) is 10.9. The number of amides is 1. The maximum atomic E-state index is 12.0. The van der Waals surface area contributed by atoms with Gasteiger partial charge in [-0.15, -0.1) is 5.10 Å². The van der Waals surface area contributed by atoms with Crippen molar-refractivity contribution in [1.29, 1.82) is 0 Å². The molecule has 3 rings (SSSR count). The van der Waals surface area contributed by atoms with Crippen LogP contribution in [0.5, 0.6) is 0 Å². The second-order valence-electron chi connectivity index (χ2n) is 4.77. The van der Waals surface area contributed by atoms with E-state index in [1.807, 2.05) is 0 Å². The molecule has 0 saturated heterocycles. The Balaban J connectivity index is 1.66. The van der Waals surface area contributed by atoms with Crippen LogP contribution in [0.3, 0.4) is 0 Å². The van der Waals surface area contributed by atoms with Gasteiger partial charge >= 0.3 is 0 Å². The number of hydrogen-bond donors (Lipinski definition) is 1. The fourth-order valence-electron chi connectivity index (χ4n) is 1.98. The Hall–Kier alpha value is -2.70. The molecule has 24 heavy (non-hydrogen) atoms. The molecule has 120 valence electrons. The Morgan fingerprint density at radius 1 is 1.12 bits per heavy atom. The Bertz CT molecular complexity index is 876. The molecular weight excluding hydrogens is 349 g/mol. The minimum absolute atomic E-state index is 0.277. The van der Waals surface area contributed by atoms with Crippen LogP contribution in [0.15, 0.2) is 54.9 Å². The van der Waals surface area contributed by atoms with Gasteiger partial charge in [0.25, 0.3) is 0 Å². The quantitative estimate of drug-likeness (QED) is 0.722. The lowest BCUT2D eigenvalue weighted by atomic mass is 10.2. The molecule has 1 heterocycles. The van der Waals surface area contributed by atoms with Crippen molar-refractivity contribution in [2.75, 3.05) is 5.32 Å². The number of rotatable bonds is 4. The van der Waals surface area contributed by atoms with E-state index in [9.17, 15) is 4.79 Å². The summed E-state index contributed by atoms with van der Waals surface area (Å²) >= 11 is 12.0. The van der Waals surface area contributed by atoms with Crippen LogP contribution in [0.1, 0.15) is 5.56 Å². The predicted octanol–water partition coefficient (Wildman–Crippen LogP) is 3.62. The molecule has 0 aliphatic heterocycles. The maximum absolute atomic E-state index is 12.0. The molecule has 0 unspecified atom stereocenters. The fourth-order valence-corrected chi connectivity index (χ4v) is 2.35. The van der Waals surface area contributed by atoms with Gasteiger partial charge in [0, 0.05) is 11.8 Å². The zero-order valence-corrected chi connectivity index (χ0v) is 13.7. The number of tetrazole rings is 1. The van der Waals surface area contributed by atoms with Gasteiger partial charge in [-0.05, 0) is 52.4 Å². The van der Waals surface area contributed by atoms with E-state index in [1.54, 1.807) is 48.5 Å². The second kappa shape index (κ2) is 7.25. The van der Waals surface area contributed by atoms with Gasteiger partial charge in [0.05, 0.1) is 15.7 Å². The number of halogens is 2. The van der Waals surface area contributed by atoms with E-state index in [2.05, 4.69) is 20.8 Å². The van der Waals surface area contributed by atoms with Crippen molar-refractivity contribution < 1.29 is 4.79 Å². The molecule has 0 saturated carbocycles. The highest BCUT2D eigenvalue weighted by Gasteiger charge is 2.03. The largest absolute Gasteiger partial charge is 0.323 e. The van der Waals surface area contributed by atoms with Crippen LogP contribution in [0, 0.1) is 0 Å². The van der Waals surface area contributed by atoms with Crippen LogP contribution >= 0.6 is 23.2 Å². The standard InChI is InChI=1S/C16H11Cl2N5O/c17-14-3-1-2-11(16(14)18)4-9-15(24)20-12-5-7-13(8-6-12)23-10-19-21-22-23/h1-10H,(H,20,24)/b9-4+. The van der Waals surface area contributed by atoms with Gasteiger partial charge in [-0.2, -0.15) is 0 Å². The van der Waals surface area contributed by atoms with Crippen LogP contribution in [0.2, 0.25) is 10.0 Å². The van der Waals surface area contributed by atoms with Crippen molar-refractivity contribution in [3.8, 4) is 5.69 Å². The lowest BCUT2D eigenvalue weighted by molar-refractivity contribution is -0.111. The molecule has 3 aromatic rings. The molecule has 2 aromatic carbocycles. The first-order valence-corrected chi connectivity index (χ1v) is 7.65. The van der Waals surface area contributed by atoms with Crippen LogP contribution in [0.25, 0.3) is 11.8 Å². The predicted molar refractivity (Wildman–Crippen MR) is 93.3 cm³/mol. The Labute approximate surface area is 147 Å². The van der Waals surface area contributed by atoms with Gasteiger partial charge in [0.2, 0.25) is 5.91 Å². The first kappa shape index (κ1) is 16.2. The molecule has 0 spiro atoms. The molecule has 0 aliphatic carbocycles. The van der Waals surface area contributed by atoms with E-state index >= 15 is 0 Å². The van der Waals surface area contributed by atoms with Crippen LogP contribution < -0.4 is 5.32 Å². The molecule has 8 heteroatoms. The number of hydrogen-bond acceptors (Lipinski definition) is 4. The summed E-state index contributed by atoms with van der Waals surface area (Å²) < 4.78 is 1.52. The summed E-state index contributed by atoms with van der Waals surface area (Å²) in [6.07, 6.45) is 4.50. The summed E-state index contributed by atoms with van der Waals surface area (Å²) in [5, 5.41) is 14.5. The summed E-state index contributed by atoms with van der Waals surface area (Å²) in [4.78, 5) is 12.0. The van der Waals surface area contributed by atoms with E-state index in [4.69, 9.17) is 23.2 Å². The van der Waals surface area contributed by atoms with Crippen LogP contribution in [-0.4, -0.2) is 26.1 Å². The van der Waals surface area contributed by atoms with Gasteiger partial charge in [-0.1, -0.05) is 35.3 Å². The van der Waals surface area contributed by atoms with Gasteiger partial charge in [0.1, 0.15) is 6.33 Å². The molecule has 0 fully saturated rings. The monoisotopic (exact) mass is 359 g/mol. The van der Waals surface area contributed by atoms with Crippen molar-refractivity contribution in [3.63, 3.8) is 0 Å². The molecular formula is C16H11Cl2N5O. The summed E-state index contributed by atoms with van der Waals surface area (Å²) in [5.41, 5.74) is 2.12. The zero-order valence-electron chi connectivity index (χ0n) is 12.2. The first-order chi connectivity index (χ1) is 11.6. The van der Waals surface area contributed by atoms with Crippen molar-refractivity contribution in [2.45, 2.75) is 0 Å². The van der Waals surface area contributed by atoms with Gasteiger partial charge < -0.3 is 5.32 Å². The van der Waals surface area contributed by atoms with Gasteiger partial charge in [-0.25, -0.2) is 4.68 Å². The number of carbonyl (C=O) groups is 1. The number of anilines is 1. The first-order valence-electron chi connectivity index (χ1n) is 6.90. The summed E-state index contributed by atoms with van der Waals surface area (Å²) in [6.45, 7) is 0. The molecule has 1 aromatic heterocycles. The minimum Gasteiger partial charge on any atom is -0.323 e. The Morgan fingerprint density at radius 2 is 1.92 bits per heavy atom. The van der Waals surface area contributed by atoms with Crippen LogP contribution in [-0.2, 0) is 4.79 Å². The number of aromatic nitrogens is 4. The molecule has 0 aliphatic rings. The second-order valence-corrected chi connectivity index (χ2v) is 5.55. The third-order valence-corrected chi connectivity index (χ3v) is 3.98. The number of nitrogens with one attached hydrogen (secondary N) is 1. The van der Waals surface area contributed by atoms with E-state index in [0.717, 1.165) is 5.69 Å². The molecule has 0 radical (unpaired) electrons.